The van der Waals surface area contributed by atoms with Crippen LogP contribution in [0.1, 0.15) is 25.7 Å². The number of hydrogen-bond acceptors (Lipinski definition) is 4. The molecule has 1 aromatic carbocycles. The van der Waals surface area contributed by atoms with Crippen molar-refractivity contribution in [2.24, 2.45) is 5.41 Å². The zero-order chi connectivity index (χ0) is 13.9. The summed E-state index contributed by atoms with van der Waals surface area (Å²) in [5.41, 5.74) is -0.330. The molecule has 1 aliphatic carbocycles. The first-order valence-corrected chi connectivity index (χ1v) is 8.12. The van der Waals surface area contributed by atoms with Crippen LogP contribution in [0.5, 0.6) is 0 Å². The topological polar surface area (TPSA) is 42.2 Å². The normalized spacial score (nSPS) is 28.4. The van der Waals surface area contributed by atoms with Crippen LogP contribution >= 0.6 is 11.8 Å². The van der Waals surface area contributed by atoms with Crippen molar-refractivity contribution >= 4 is 11.8 Å². The van der Waals surface area contributed by atoms with Crippen LogP contribution in [0.15, 0.2) is 35.2 Å². The lowest BCUT2D eigenvalue weighted by Gasteiger charge is -2.40. The second-order valence-corrected chi connectivity index (χ2v) is 6.68. The van der Waals surface area contributed by atoms with Crippen molar-refractivity contribution < 1.29 is 9.47 Å². The summed E-state index contributed by atoms with van der Waals surface area (Å²) in [5, 5.41) is 9.69. The Kier molecular flexibility index (Phi) is 4.02. The zero-order valence-electron chi connectivity index (χ0n) is 11.5. The van der Waals surface area contributed by atoms with Crippen LogP contribution in [-0.4, -0.2) is 24.8 Å². The summed E-state index contributed by atoms with van der Waals surface area (Å²) in [5.74, 6) is 0.327. The average molecular weight is 289 g/mol. The van der Waals surface area contributed by atoms with Gasteiger partial charge in [0.1, 0.15) is 0 Å². The van der Waals surface area contributed by atoms with Gasteiger partial charge in [-0.25, -0.2) is 0 Å². The van der Waals surface area contributed by atoms with Gasteiger partial charge in [0.05, 0.1) is 24.7 Å². The smallest absolute Gasteiger partial charge is 0.170 e. The van der Waals surface area contributed by atoms with Crippen molar-refractivity contribution in [2.75, 3.05) is 19.0 Å². The lowest BCUT2D eigenvalue weighted by molar-refractivity contribution is -0.192. The zero-order valence-corrected chi connectivity index (χ0v) is 12.3. The van der Waals surface area contributed by atoms with Gasteiger partial charge in [-0.3, -0.25) is 0 Å². The molecule has 3 nitrogen and oxygen atoms in total. The van der Waals surface area contributed by atoms with E-state index < -0.39 is 5.79 Å². The Morgan fingerprint density at radius 3 is 2.60 bits per heavy atom. The highest BCUT2D eigenvalue weighted by Crippen LogP contribution is 2.47. The highest BCUT2D eigenvalue weighted by atomic mass is 32.2. The quantitative estimate of drug-likeness (QED) is 0.797. The molecule has 0 unspecified atom stereocenters. The molecule has 1 atom stereocenters. The second kappa shape index (κ2) is 5.77. The molecule has 0 bridgehead atoms. The Hall–Kier alpha value is -1.02. The van der Waals surface area contributed by atoms with Crippen LogP contribution in [0.2, 0.25) is 0 Å². The molecular weight excluding hydrogens is 270 g/mol. The van der Waals surface area contributed by atoms with Crippen LogP contribution in [0, 0.1) is 16.7 Å². The molecule has 0 aromatic heterocycles. The van der Waals surface area contributed by atoms with E-state index in [1.54, 1.807) is 11.8 Å². The second-order valence-electron chi connectivity index (χ2n) is 5.63. The fourth-order valence-corrected chi connectivity index (χ4v) is 4.22. The third-order valence-corrected chi connectivity index (χ3v) is 5.43. The molecular formula is C16H19NO2S. The van der Waals surface area contributed by atoms with E-state index in [0.29, 0.717) is 19.6 Å². The number of hydrogen-bond donors (Lipinski definition) is 0. The van der Waals surface area contributed by atoms with E-state index in [4.69, 9.17) is 9.47 Å². The highest BCUT2D eigenvalue weighted by Gasteiger charge is 2.48. The molecule has 1 aliphatic heterocycles. The van der Waals surface area contributed by atoms with E-state index in [9.17, 15) is 5.26 Å². The van der Waals surface area contributed by atoms with Crippen LogP contribution in [0.3, 0.4) is 0 Å². The first-order chi connectivity index (χ1) is 9.76. The molecule has 0 amide bonds. The molecule has 2 fully saturated rings. The van der Waals surface area contributed by atoms with Gasteiger partial charge >= 0.3 is 0 Å². The maximum absolute atomic E-state index is 9.69. The fourth-order valence-electron chi connectivity index (χ4n) is 3.12. The summed E-state index contributed by atoms with van der Waals surface area (Å²) < 4.78 is 11.6. The summed E-state index contributed by atoms with van der Waals surface area (Å²) in [4.78, 5) is 1.22. The maximum atomic E-state index is 9.69. The highest BCUT2D eigenvalue weighted by molar-refractivity contribution is 7.99. The first-order valence-electron chi connectivity index (χ1n) is 7.13. The van der Waals surface area contributed by atoms with Crippen LogP contribution in [0.4, 0.5) is 0 Å². The number of thioether (sulfide) groups is 1. The Bertz CT molecular complexity index is 493. The van der Waals surface area contributed by atoms with Gasteiger partial charge in [-0.2, -0.15) is 5.26 Å². The number of ether oxygens (including phenoxy) is 2. The monoisotopic (exact) mass is 289 g/mol. The molecule has 1 saturated carbocycles. The van der Waals surface area contributed by atoms with Gasteiger partial charge in [0, 0.05) is 23.5 Å². The molecule has 20 heavy (non-hydrogen) atoms. The number of nitrogens with zero attached hydrogens (tertiary/aromatic N) is 1. The average Bonchev–Trinajstić information content (AvgIpc) is 2.94. The molecule has 1 saturated heterocycles. The maximum Gasteiger partial charge on any atom is 0.170 e. The largest absolute Gasteiger partial charge is 0.347 e. The lowest BCUT2D eigenvalue weighted by atomic mass is 9.73. The van der Waals surface area contributed by atoms with Gasteiger partial charge in [-0.1, -0.05) is 18.2 Å². The van der Waals surface area contributed by atoms with E-state index in [-0.39, 0.29) is 5.41 Å². The number of nitriles is 1. The molecule has 1 spiro atoms. The van der Waals surface area contributed by atoms with Gasteiger partial charge in [0.15, 0.2) is 5.79 Å². The Balaban J connectivity index is 1.69. The van der Waals surface area contributed by atoms with Crippen molar-refractivity contribution in [2.45, 2.75) is 36.4 Å². The van der Waals surface area contributed by atoms with Gasteiger partial charge in [-0.05, 0) is 25.0 Å². The van der Waals surface area contributed by atoms with Crippen molar-refractivity contribution in [1.82, 2.24) is 0 Å². The molecule has 2 aliphatic rings. The minimum Gasteiger partial charge on any atom is -0.347 e. The predicted molar refractivity (Wildman–Crippen MR) is 78.3 cm³/mol. The van der Waals surface area contributed by atoms with Crippen molar-refractivity contribution in [1.29, 1.82) is 5.26 Å². The third-order valence-electron chi connectivity index (χ3n) is 4.13. The summed E-state index contributed by atoms with van der Waals surface area (Å²) in [6.45, 7) is 1.32. The van der Waals surface area contributed by atoms with E-state index in [1.165, 1.54) is 4.90 Å². The summed E-state index contributed by atoms with van der Waals surface area (Å²) in [7, 11) is 0. The van der Waals surface area contributed by atoms with Crippen molar-refractivity contribution in [3.63, 3.8) is 0 Å². The van der Waals surface area contributed by atoms with E-state index in [2.05, 4.69) is 18.2 Å². The molecule has 1 aromatic rings. The minimum absolute atomic E-state index is 0.330. The molecule has 0 radical (unpaired) electrons. The van der Waals surface area contributed by atoms with Crippen LogP contribution in [-0.2, 0) is 9.47 Å². The van der Waals surface area contributed by atoms with E-state index in [0.717, 1.165) is 25.0 Å². The SMILES string of the molecule is N#C[C@]1(CSc2ccccc2)CCCC2(C1)OCCO2. The lowest BCUT2D eigenvalue weighted by Crippen LogP contribution is -2.43. The summed E-state index contributed by atoms with van der Waals surface area (Å²) in [6, 6.07) is 12.8. The predicted octanol–water partition coefficient (Wildman–Crippen LogP) is 3.61. The van der Waals surface area contributed by atoms with Crippen molar-refractivity contribution in [3.8, 4) is 6.07 Å². The summed E-state index contributed by atoms with van der Waals surface area (Å²) in [6.07, 6.45) is 3.57. The van der Waals surface area contributed by atoms with E-state index in [1.807, 2.05) is 18.2 Å². The molecule has 106 valence electrons. The molecule has 0 N–H and O–H groups in total. The van der Waals surface area contributed by atoms with Crippen LogP contribution in [0.25, 0.3) is 0 Å². The molecule has 4 heteroatoms. The van der Waals surface area contributed by atoms with Gasteiger partial charge in [0.25, 0.3) is 0 Å². The molecule has 1 heterocycles. The van der Waals surface area contributed by atoms with Crippen molar-refractivity contribution in [3.05, 3.63) is 30.3 Å². The minimum atomic E-state index is -0.481. The Morgan fingerprint density at radius 1 is 1.15 bits per heavy atom. The molecule has 3 rings (SSSR count). The number of benzene rings is 1. The van der Waals surface area contributed by atoms with Gasteiger partial charge in [-0.15, -0.1) is 11.8 Å². The standard InChI is InChI=1S/C16H19NO2S/c17-12-15(13-20-14-5-2-1-3-6-14)7-4-8-16(11-15)18-9-10-19-16/h1-3,5-6H,4,7-11,13H2/t15-/m0/s1. The van der Waals surface area contributed by atoms with Gasteiger partial charge in [0.2, 0.25) is 0 Å². The van der Waals surface area contributed by atoms with Crippen LogP contribution < -0.4 is 0 Å². The van der Waals surface area contributed by atoms with Gasteiger partial charge < -0.3 is 9.47 Å². The summed E-state index contributed by atoms with van der Waals surface area (Å²) >= 11 is 1.76. The fraction of sp³-hybridized carbons (Fsp3) is 0.562. The first kappa shape index (κ1) is 13.9. The Labute approximate surface area is 124 Å². The van der Waals surface area contributed by atoms with E-state index >= 15 is 0 Å². The third kappa shape index (κ3) is 2.85. The Morgan fingerprint density at radius 2 is 1.90 bits per heavy atom. The number of rotatable bonds is 3.